The number of hydrogen-bond acceptors (Lipinski definition) is 2. The van der Waals surface area contributed by atoms with Crippen LogP contribution >= 0.6 is 0 Å². The third-order valence-electron chi connectivity index (χ3n) is 3.42. The average Bonchev–Trinajstić information content (AvgIpc) is 2.99. The lowest BCUT2D eigenvalue weighted by Gasteiger charge is -2.15. The lowest BCUT2D eigenvalue weighted by molar-refractivity contribution is 0.529. The maximum absolute atomic E-state index is 4.54. The number of anilines is 1. The van der Waals surface area contributed by atoms with Gasteiger partial charge >= 0.3 is 0 Å². The van der Waals surface area contributed by atoms with Crippen molar-refractivity contribution in [2.24, 2.45) is 11.8 Å². The minimum atomic E-state index is 0.472. The van der Waals surface area contributed by atoms with Crippen LogP contribution in [-0.4, -0.2) is 16.1 Å². The highest BCUT2D eigenvalue weighted by atomic mass is 15.2. The SMILES string of the molecule is Cc1cn(C(C)C)c(NCC(C)C2CC2)n1. The van der Waals surface area contributed by atoms with E-state index in [4.69, 9.17) is 0 Å². The molecule has 1 aliphatic carbocycles. The van der Waals surface area contributed by atoms with Gasteiger partial charge in [0.25, 0.3) is 0 Å². The molecular weight excluding hydrogens is 198 g/mol. The summed E-state index contributed by atoms with van der Waals surface area (Å²) in [6, 6.07) is 0.472. The van der Waals surface area contributed by atoms with Gasteiger partial charge in [0.1, 0.15) is 0 Å². The fourth-order valence-corrected chi connectivity index (χ4v) is 2.12. The minimum absolute atomic E-state index is 0.472. The summed E-state index contributed by atoms with van der Waals surface area (Å²) in [6.07, 6.45) is 4.95. The first-order chi connectivity index (χ1) is 7.58. The molecule has 16 heavy (non-hydrogen) atoms. The van der Waals surface area contributed by atoms with Crippen LogP contribution in [-0.2, 0) is 0 Å². The van der Waals surface area contributed by atoms with Crippen LogP contribution in [0, 0.1) is 18.8 Å². The lowest BCUT2D eigenvalue weighted by Crippen LogP contribution is -2.16. The lowest BCUT2D eigenvalue weighted by atomic mass is 10.1. The molecule has 0 aliphatic heterocycles. The van der Waals surface area contributed by atoms with Crippen molar-refractivity contribution in [3.05, 3.63) is 11.9 Å². The molecule has 0 radical (unpaired) electrons. The number of aryl methyl sites for hydroxylation is 1. The van der Waals surface area contributed by atoms with Crippen LogP contribution in [0.15, 0.2) is 6.20 Å². The van der Waals surface area contributed by atoms with Crippen molar-refractivity contribution in [2.75, 3.05) is 11.9 Å². The summed E-state index contributed by atoms with van der Waals surface area (Å²) in [5, 5.41) is 3.49. The van der Waals surface area contributed by atoms with E-state index in [-0.39, 0.29) is 0 Å². The van der Waals surface area contributed by atoms with Crippen LogP contribution in [0.2, 0.25) is 0 Å². The molecule has 2 rings (SSSR count). The first-order valence-corrected chi connectivity index (χ1v) is 6.37. The van der Waals surface area contributed by atoms with Crippen molar-refractivity contribution in [3.63, 3.8) is 0 Å². The van der Waals surface area contributed by atoms with E-state index >= 15 is 0 Å². The van der Waals surface area contributed by atoms with E-state index in [2.05, 4.69) is 41.8 Å². The van der Waals surface area contributed by atoms with Gasteiger partial charge in [-0.15, -0.1) is 0 Å². The molecule has 90 valence electrons. The van der Waals surface area contributed by atoms with Gasteiger partial charge in [0.05, 0.1) is 5.69 Å². The van der Waals surface area contributed by atoms with Crippen LogP contribution in [0.25, 0.3) is 0 Å². The predicted molar refractivity (Wildman–Crippen MR) is 67.7 cm³/mol. The van der Waals surface area contributed by atoms with Gasteiger partial charge in [-0.3, -0.25) is 0 Å². The smallest absolute Gasteiger partial charge is 0.203 e. The molecule has 1 aromatic heterocycles. The van der Waals surface area contributed by atoms with Gasteiger partial charge < -0.3 is 9.88 Å². The number of nitrogens with zero attached hydrogens (tertiary/aromatic N) is 2. The fraction of sp³-hybridized carbons (Fsp3) is 0.769. The predicted octanol–water partition coefficient (Wildman–Crippen LogP) is 3.23. The summed E-state index contributed by atoms with van der Waals surface area (Å²) in [6.45, 7) is 9.82. The van der Waals surface area contributed by atoms with E-state index in [0.29, 0.717) is 6.04 Å². The summed E-state index contributed by atoms with van der Waals surface area (Å²) in [5.74, 6) is 2.76. The van der Waals surface area contributed by atoms with E-state index in [9.17, 15) is 0 Å². The Balaban J connectivity index is 1.96. The molecule has 1 N–H and O–H groups in total. The minimum Gasteiger partial charge on any atom is -0.355 e. The van der Waals surface area contributed by atoms with Crippen LogP contribution in [0.5, 0.6) is 0 Å². The highest BCUT2D eigenvalue weighted by Crippen LogP contribution is 2.36. The molecule has 1 saturated carbocycles. The molecule has 1 aromatic rings. The zero-order chi connectivity index (χ0) is 11.7. The third-order valence-corrected chi connectivity index (χ3v) is 3.42. The summed E-state index contributed by atoms with van der Waals surface area (Å²) in [4.78, 5) is 4.54. The van der Waals surface area contributed by atoms with Crippen molar-refractivity contribution in [2.45, 2.75) is 46.6 Å². The largest absolute Gasteiger partial charge is 0.355 e. The molecule has 0 saturated heterocycles. The Morgan fingerprint density at radius 1 is 1.44 bits per heavy atom. The number of aromatic nitrogens is 2. The molecule has 1 unspecified atom stereocenters. The topological polar surface area (TPSA) is 29.9 Å². The Hall–Kier alpha value is -0.990. The van der Waals surface area contributed by atoms with Gasteiger partial charge in [0.15, 0.2) is 0 Å². The third kappa shape index (κ3) is 2.57. The molecule has 1 fully saturated rings. The molecule has 0 amide bonds. The van der Waals surface area contributed by atoms with E-state index in [1.807, 2.05) is 6.92 Å². The van der Waals surface area contributed by atoms with E-state index in [1.54, 1.807) is 0 Å². The molecule has 1 aliphatic rings. The second kappa shape index (κ2) is 4.48. The van der Waals surface area contributed by atoms with Crippen molar-refractivity contribution in [1.29, 1.82) is 0 Å². The second-order valence-corrected chi connectivity index (χ2v) is 5.40. The Morgan fingerprint density at radius 3 is 2.69 bits per heavy atom. The standard InChI is InChI=1S/C13H23N3/c1-9(2)16-8-11(4)15-13(16)14-7-10(3)12-5-6-12/h8-10,12H,5-7H2,1-4H3,(H,14,15). The van der Waals surface area contributed by atoms with E-state index in [0.717, 1.165) is 30.0 Å². The maximum atomic E-state index is 4.54. The van der Waals surface area contributed by atoms with Gasteiger partial charge in [0.2, 0.25) is 5.95 Å². The number of imidazole rings is 1. The second-order valence-electron chi connectivity index (χ2n) is 5.40. The normalized spacial score (nSPS) is 17.8. The molecule has 0 bridgehead atoms. The van der Waals surface area contributed by atoms with Crippen LogP contribution < -0.4 is 5.32 Å². The maximum Gasteiger partial charge on any atom is 0.203 e. The van der Waals surface area contributed by atoms with Crippen molar-refractivity contribution >= 4 is 5.95 Å². The zero-order valence-corrected chi connectivity index (χ0v) is 10.8. The molecule has 1 heterocycles. The Morgan fingerprint density at radius 2 is 2.12 bits per heavy atom. The van der Waals surface area contributed by atoms with Crippen molar-refractivity contribution in [3.8, 4) is 0 Å². The fourth-order valence-electron chi connectivity index (χ4n) is 2.12. The first kappa shape index (κ1) is 11.5. The molecule has 3 nitrogen and oxygen atoms in total. The summed E-state index contributed by atoms with van der Waals surface area (Å²) in [7, 11) is 0. The summed E-state index contributed by atoms with van der Waals surface area (Å²) < 4.78 is 2.22. The van der Waals surface area contributed by atoms with Crippen molar-refractivity contribution in [1.82, 2.24) is 9.55 Å². The first-order valence-electron chi connectivity index (χ1n) is 6.37. The number of rotatable bonds is 5. The van der Waals surface area contributed by atoms with Gasteiger partial charge in [-0.1, -0.05) is 6.92 Å². The zero-order valence-electron chi connectivity index (χ0n) is 10.8. The summed E-state index contributed by atoms with van der Waals surface area (Å²) >= 11 is 0. The Kier molecular flexibility index (Phi) is 3.22. The average molecular weight is 221 g/mol. The monoisotopic (exact) mass is 221 g/mol. The number of hydrogen-bond donors (Lipinski definition) is 1. The van der Waals surface area contributed by atoms with Crippen LogP contribution in [0.1, 0.15) is 45.3 Å². The van der Waals surface area contributed by atoms with Gasteiger partial charge in [-0.25, -0.2) is 4.98 Å². The Labute approximate surface area is 98.3 Å². The Bertz CT molecular complexity index is 350. The van der Waals surface area contributed by atoms with Gasteiger partial charge in [0, 0.05) is 18.8 Å². The van der Waals surface area contributed by atoms with Crippen LogP contribution in [0.4, 0.5) is 5.95 Å². The quantitative estimate of drug-likeness (QED) is 0.827. The highest BCUT2D eigenvalue weighted by Gasteiger charge is 2.27. The van der Waals surface area contributed by atoms with Crippen molar-refractivity contribution < 1.29 is 0 Å². The molecule has 0 aromatic carbocycles. The summed E-state index contributed by atoms with van der Waals surface area (Å²) in [5.41, 5.74) is 1.09. The molecule has 0 spiro atoms. The van der Waals surface area contributed by atoms with Gasteiger partial charge in [-0.2, -0.15) is 0 Å². The molecule has 1 atom stereocenters. The highest BCUT2D eigenvalue weighted by molar-refractivity contribution is 5.29. The molecular formula is C13H23N3. The number of nitrogens with one attached hydrogen (secondary N) is 1. The van der Waals surface area contributed by atoms with Gasteiger partial charge in [-0.05, 0) is 45.4 Å². The van der Waals surface area contributed by atoms with E-state index < -0.39 is 0 Å². The van der Waals surface area contributed by atoms with E-state index in [1.165, 1.54) is 12.8 Å². The van der Waals surface area contributed by atoms with Crippen LogP contribution in [0.3, 0.4) is 0 Å². The molecule has 3 heteroatoms.